The van der Waals surface area contributed by atoms with Crippen LogP contribution in [0.1, 0.15) is 33.1 Å². The molecule has 7 heteroatoms. The molecule has 7 nitrogen and oxygen atoms in total. The average Bonchev–Trinajstić information content (AvgIpc) is 3.02. The van der Waals surface area contributed by atoms with E-state index in [0.717, 1.165) is 18.7 Å². The number of pyridine rings is 1. The van der Waals surface area contributed by atoms with Gasteiger partial charge in [0.2, 0.25) is 5.91 Å². The van der Waals surface area contributed by atoms with E-state index in [1.807, 2.05) is 11.9 Å². The van der Waals surface area contributed by atoms with E-state index < -0.39 is 5.92 Å². The topological polar surface area (TPSA) is 89.3 Å². The van der Waals surface area contributed by atoms with Crippen molar-refractivity contribution < 1.29 is 9.59 Å². The third-order valence-corrected chi connectivity index (χ3v) is 5.13. The first-order valence-corrected chi connectivity index (χ1v) is 8.85. The summed E-state index contributed by atoms with van der Waals surface area (Å²) in [5.41, 5.74) is 2.93. The maximum atomic E-state index is 12.8. The minimum atomic E-state index is -0.617. The molecular formula is C20H19N5O2. The Labute approximate surface area is 157 Å². The van der Waals surface area contributed by atoms with Gasteiger partial charge in [0.1, 0.15) is 5.92 Å². The van der Waals surface area contributed by atoms with Gasteiger partial charge in [-0.05, 0) is 42.9 Å². The smallest absolute Gasteiger partial charge is 0.254 e. The molecule has 0 bridgehead atoms. The number of amides is 2. The lowest BCUT2D eigenvalue weighted by molar-refractivity contribution is -0.116. The van der Waals surface area contributed by atoms with Crippen molar-refractivity contribution in [2.75, 3.05) is 38.5 Å². The number of nitrogens with one attached hydrogen (secondary N) is 1. The van der Waals surface area contributed by atoms with E-state index in [1.165, 1.54) is 0 Å². The SMILES string of the molecule is CN1CCN(C(=O)c2ccnc(C3C(=O)Nc4ccc(C#N)cc43)c2)CC1. The van der Waals surface area contributed by atoms with Crippen molar-refractivity contribution in [2.45, 2.75) is 5.92 Å². The Hall–Kier alpha value is -3.24. The Kier molecular flexibility index (Phi) is 4.34. The first-order chi connectivity index (χ1) is 13.1. The second-order valence-corrected chi connectivity index (χ2v) is 6.90. The maximum absolute atomic E-state index is 12.8. The number of nitrogens with zero attached hydrogens (tertiary/aromatic N) is 4. The number of aromatic nitrogens is 1. The molecule has 1 atom stereocenters. The molecule has 0 spiro atoms. The fourth-order valence-corrected chi connectivity index (χ4v) is 3.56. The van der Waals surface area contributed by atoms with Crippen LogP contribution in [0.3, 0.4) is 0 Å². The molecule has 136 valence electrons. The molecule has 0 aliphatic carbocycles. The molecule has 2 aliphatic heterocycles. The largest absolute Gasteiger partial charge is 0.336 e. The average molecular weight is 361 g/mol. The number of fused-ring (bicyclic) bond motifs is 1. The van der Waals surface area contributed by atoms with Gasteiger partial charge in [0, 0.05) is 43.6 Å². The molecule has 0 radical (unpaired) electrons. The first-order valence-electron chi connectivity index (χ1n) is 8.85. The quantitative estimate of drug-likeness (QED) is 0.874. The Morgan fingerprint density at radius 1 is 1.22 bits per heavy atom. The Morgan fingerprint density at radius 2 is 2.00 bits per heavy atom. The Morgan fingerprint density at radius 3 is 2.74 bits per heavy atom. The van der Waals surface area contributed by atoms with Crippen molar-refractivity contribution >= 4 is 17.5 Å². The van der Waals surface area contributed by atoms with Crippen LogP contribution in [-0.2, 0) is 4.79 Å². The monoisotopic (exact) mass is 361 g/mol. The van der Waals surface area contributed by atoms with E-state index in [0.29, 0.717) is 35.6 Å². The van der Waals surface area contributed by atoms with Gasteiger partial charge in [-0.3, -0.25) is 14.6 Å². The van der Waals surface area contributed by atoms with E-state index in [1.54, 1.807) is 36.5 Å². The van der Waals surface area contributed by atoms with Crippen molar-refractivity contribution in [3.63, 3.8) is 0 Å². The van der Waals surface area contributed by atoms with Crippen LogP contribution in [0.15, 0.2) is 36.5 Å². The summed E-state index contributed by atoms with van der Waals surface area (Å²) in [6.45, 7) is 3.06. The minimum absolute atomic E-state index is 0.0452. The summed E-state index contributed by atoms with van der Waals surface area (Å²) < 4.78 is 0. The van der Waals surface area contributed by atoms with Gasteiger partial charge in [0.25, 0.3) is 5.91 Å². The number of hydrogen-bond acceptors (Lipinski definition) is 5. The molecule has 1 aromatic heterocycles. The molecule has 1 unspecified atom stereocenters. The van der Waals surface area contributed by atoms with Gasteiger partial charge in [-0.2, -0.15) is 5.26 Å². The first kappa shape index (κ1) is 17.2. The highest BCUT2D eigenvalue weighted by atomic mass is 16.2. The normalized spacial score (nSPS) is 19.3. The number of piperazine rings is 1. The maximum Gasteiger partial charge on any atom is 0.254 e. The van der Waals surface area contributed by atoms with Crippen LogP contribution in [0.5, 0.6) is 0 Å². The third kappa shape index (κ3) is 3.15. The van der Waals surface area contributed by atoms with Crippen LogP contribution in [-0.4, -0.2) is 59.8 Å². The van der Waals surface area contributed by atoms with Crippen LogP contribution >= 0.6 is 0 Å². The molecule has 1 saturated heterocycles. The summed E-state index contributed by atoms with van der Waals surface area (Å²) in [5.74, 6) is -0.860. The van der Waals surface area contributed by atoms with E-state index in [-0.39, 0.29) is 11.8 Å². The summed E-state index contributed by atoms with van der Waals surface area (Å²) >= 11 is 0. The minimum Gasteiger partial charge on any atom is -0.336 e. The van der Waals surface area contributed by atoms with Crippen molar-refractivity contribution in [3.8, 4) is 6.07 Å². The summed E-state index contributed by atoms with van der Waals surface area (Å²) in [5, 5.41) is 12.0. The van der Waals surface area contributed by atoms with Gasteiger partial charge in [-0.1, -0.05) is 0 Å². The lowest BCUT2D eigenvalue weighted by Gasteiger charge is -2.32. The number of carbonyl (C=O) groups excluding carboxylic acids is 2. The number of anilines is 1. The molecule has 2 aliphatic rings. The number of likely N-dealkylation sites (N-methyl/N-ethyl adjacent to an activating group) is 1. The molecule has 3 heterocycles. The second-order valence-electron chi connectivity index (χ2n) is 6.90. The van der Waals surface area contributed by atoms with Crippen molar-refractivity contribution in [1.82, 2.24) is 14.8 Å². The molecule has 1 fully saturated rings. The standard InChI is InChI=1S/C20H19N5O2/c1-24-6-8-25(9-7-24)20(27)14-4-5-22-17(11-14)18-15-10-13(12-21)2-3-16(15)23-19(18)26/h2-5,10-11,18H,6-9H2,1H3,(H,23,26). The van der Waals surface area contributed by atoms with Crippen LogP contribution < -0.4 is 5.32 Å². The van der Waals surface area contributed by atoms with Gasteiger partial charge in [0.05, 0.1) is 17.3 Å². The highest BCUT2D eigenvalue weighted by molar-refractivity contribution is 6.05. The highest BCUT2D eigenvalue weighted by Crippen LogP contribution is 2.37. The molecule has 1 N–H and O–H groups in total. The van der Waals surface area contributed by atoms with Crippen molar-refractivity contribution in [2.24, 2.45) is 0 Å². The molecule has 1 aromatic carbocycles. The molecule has 2 amide bonds. The molecule has 0 saturated carbocycles. The van der Waals surface area contributed by atoms with Crippen LogP contribution in [0.2, 0.25) is 0 Å². The van der Waals surface area contributed by atoms with E-state index in [9.17, 15) is 9.59 Å². The number of hydrogen-bond donors (Lipinski definition) is 1. The zero-order chi connectivity index (χ0) is 19.0. The van der Waals surface area contributed by atoms with Gasteiger partial charge in [0.15, 0.2) is 0 Å². The van der Waals surface area contributed by atoms with Gasteiger partial charge in [-0.15, -0.1) is 0 Å². The predicted molar refractivity (Wildman–Crippen MR) is 99.3 cm³/mol. The Balaban J connectivity index is 1.65. The lowest BCUT2D eigenvalue weighted by Crippen LogP contribution is -2.47. The fourth-order valence-electron chi connectivity index (χ4n) is 3.56. The molecule has 2 aromatic rings. The van der Waals surface area contributed by atoms with E-state index in [2.05, 4.69) is 21.3 Å². The van der Waals surface area contributed by atoms with Crippen LogP contribution in [0, 0.1) is 11.3 Å². The van der Waals surface area contributed by atoms with Crippen molar-refractivity contribution in [1.29, 1.82) is 5.26 Å². The summed E-state index contributed by atoms with van der Waals surface area (Å²) in [4.78, 5) is 33.7. The van der Waals surface area contributed by atoms with Crippen LogP contribution in [0.25, 0.3) is 0 Å². The molecular weight excluding hydrogens is 342 g/mol. The van der Waals surface area contributed by atoms with Gasteiger partial charge >= 0.3 is 0 Å². The van der Waals surface area contributed by atoms with E-state index >= 15 is 0 Å². The van der Waals surface area contributed by atoms with E-state index in [4.69, 9.17) is 5.26 Å². The fraction of sp³-hybridized carbons (Fsp3) is 0.300. The zero-order valence-electron chi connectivity index (χ0n) is 15.0. The number of rotatable bonds is 2. The van der Waals surface area contributed by atoms with Gasteiger partial charge in [-0.25, -0.2) is 0 Å². The summed E-state index contributed by atoms with van der Waals surface area (Å²) in [6.07, 6.45) is 1.57. The summed E-state index contributed by atoms with van der Waals surface area (Å²) in [7, 11) is 2.04. The van der Waals surface area contributed by atoms with Crippen LogP contribution in [0.4, 0.5) is 5.69 Å². The number of carbonyl (C=O) groups is 2. The number of nitriles is 1. The molecule has 27 heavy (non-hydrogen) atoms. The zero-order valence-corrected chi connectivity index (χ0v) is 15.0. The summed E-state index contributed by atoms with van der Waals surface area (Å²) in [6, 6.07) is 10.6. The number of benzene rings is 1. The predicted octanol–water partition coefficient (Wildman–Crippen LogP) is 1.42. The van der Waals surface area contributed by atoms with Gasteiger partial charge < -0.3 is 15.1 Å². The molecule has 4 rings (SSSR count). The second kappa shape index (κ2) is 6.82. The highest BCUT2D eigenvalue weighted by Gasteiger charge is 2.34. The Bertz CT molecular complexity index is 957. The third-order valence-electron chi connectivity index (χ3n) is 5.13. The van der Waals surface area contributed by atoms with Crippen molar-refractivity contribution in [3.05, 3.63) is 58.9 Å². The lowest BCUT2D eigenvalue weighted by atomic mass is 9.94.